The first-order valence-corrected chi connectivity index (χ1v) is 8.80. The fourth-order valence-electron chi connectivity index (χ4n) is 2.90. The second-order valence-electron chi connectivity index (χ2n) is 6.34. The second-order valence-corrected chi connectivity index (χ2v) is 6.74. The first kappa shape index (κ1) is 19.0. The van der Waals surface area contributed by atoms with Crippen molar-refractivity contribution in [2.75, 3.05) is 5.32 Å². The summed E-state index contributed by atoms with van der Waals surface area (Å²) in [5.41, 5.74) is -0.566. The number of aryl methyl sites for hydroxylation is 1. The summed E-state index contributed by atoms with van der Waals surface area (Å²) >= 11 is 6.07. The molecule has 0 aliphatic heterocycles. The van der Waals surface area contributed by atoms with E-state index in [4.69, 9.17) is 11.6 Å². The first-order valence-electron chi connectivity index (χ1n) is 8.42. The Kier molecular flexibility index (Phi) is 4.54. The third-order valence-electron chi connectivity index (χ3n) is 4.26. The van der Waals surface area contributed by atoms with Gasteiger partial charge in [0.15, 0.2) is 11.6 Å². The summed E-state index contributed by atoms with van der Waals surface area (Å²) in [6.45, 7) is 1.83. The number of hydrogen-bond acceptors (Lipinski definition) is 4. The molecule has 2 aromatic heterocycles. The van der Waals surface area contributed by atoms with E-state index in [0.29, 0.717) is 22.4 Å². The monoisotopic (exact) mass is 419 g/mol. The van der Waals surface area contributed by atoms with E-state index in [1.54, 1.807) is 30.3 Å². The number of hydrogen-bond donors (Lipinski definition) is 2. The molecule has 148 valence electrons. The Morgan fingerprint density at radius 1 is 1.10 bits per heavy atom. The summed E-state index contributed by atoms with van der Waals surface area (Å²) in [6, 6.07) is 11.2. The molecule has 0 atom stereocenters. The lowest BCUT2D eigenvalue weighted by molar-refractivity contribution is -0.137. The predicted octanol–water partition coefficient (Wildman–Crippen LogP) is 4.83. The molecule has 0 amide bonds. The van der Waals surface area contributed by atoms with Crippen molar-refractivity contribution in [2.24, 2.45) is 0 Å². The van der Waals surface area contributed by atoms with Crippen molar-refractivity contribution >= 4 is 34.0 Å². The highest BCUT2D eigenvalue weighted by Gasteiger charge is 2.31. The number of H-pyrrole nitrogens is 1. The number of benzene rings is 2. The molecule has 2 heterocycles. The first-order chi connectivity index (χ1) is 13.7. The Morgan fingerprint density at radius 3 is 2.45 bits per heavy atom. The molecule has 0 saturated heterocycles. The number of nitrogens with one attached hydrogen (secondary N) is 2. The number of aromatic amines is 1. The van der Waals surface area contributed by atoms with Crippen molar-refractivity contribution in [3.05, 3.63) is 75.2 Å². The number of fused-ring (bicyclic) bond motifs is 1. The topological polar surface area (TPSA) is 75.6 Å². The van der Waals surface area contributed by atoms with Crippen LogP contribution in [0.5, 0.6) is 0 Å². The van der Waals surface area contributed by atoms with Gasteiger partial charge in [-0.05, 0) is 31.2 Å². The zero-order chi connectivity index (χ0) is 20.8. The van der Waals surface area contributed by atoms with Crippen LogP contribution >= 0.6 is 11.6 Å². The molecule has 0 saturated carbocycles. The minimum atomic E-state index is -4.55. The zero-order valence-electron chi connectivity index (χ0n) is 14.9. The van der Waals surface area contributed by atoms with E-state index < -0.39 is 17.3 Å². The van der Waals surface area contributed by atoms with Gasteiger partial charge in [-0.25, -0.2) is 0 Å². The van der Waals surface area contributed by atoms with Gasteiger partial charge in [0.2, 0.25) is 0 Å². The molecule has 2 aromatic carbocycles. The Morgan fingerprint density at radius 2 is 1.83 bits per heavy atom. The van der Waals surface area contributed by atoms with Crippen LogP contribution in [0.2, 0.25) is 5.02 Å². The van der Waals surface area contributed by atoms with E-state index >= 15 is 0 Å². The lowest BCUT2D eigenvalue weighted by atomic mass is 10.1. The molecule has 2 N–H and O–H groups in total. The highest BCUT2D eigenvalue weighted by Crippen LogP contribution is 2.33. The van der Waals surface area contributed by atoms with Crippen LogP contribution in [0.3, 0.4) is 0 Å². The van der Waals surface area contributed by atoms with E-state index in [2.05, 4.69) is 20.6 Å². The smallest absolute Gasteiger partial charge is 0.321 e. The molecule has 0 aliphatic rings. The average Bonchev–Trinajstić information content (AvgIpc) is 3.08. The van der Waals surface area contributed by atoms with Gasteiger partial charge in [-0.2, -0.15) is 23.0 Å². The molecule has 0 unspecified atom stereocenters. The largest absolute Gasteiger partial charge is 0.416 e. The number of halogens is 4. The second kappa shape index (κ2) is 6.93. The van der Waals surface area contributed by atoms with Crippen LogP contribution < -0.4 is 10.9 Å². The van der Waals surface area contributed by atoms with Crippen molar-refractivity contribution < 1.29 is 13.2 Å². The predicted molar refractivity (Wildman–Crippen MR) is 104 cm³/mol. The van der Waals surface area contributed by atoms with Crippen molar-refractivity contribution in [1.29, 1.82) is 0 Å². The van der Waals surface area contributed by atoms with Gasteiger partial charge in [-0.1, -0.05) is 29.8 Å². The summed E-state index contributed by atoms with van der Waals surface area (Å²) in [5, 5.41) is 14.8. The maximum Gasteiger partial charge on any atom is 0.416 e. The minimum Gasteiger partial charge on any atom is -0.321 e. The molecule has 4 rings (SSSR count). The average molecular weight is 420 g/mol. The van der Waals surface area contributed by atoms with Crippen LogP contribution in [0.4, 0.5) is 24.8 Å². The highest BCUT2D eigenvalue weighted by molar-refractivity contribution is 6.32. The van der Waals surface area contributed by atoms with E-state index in [-0.39, 0.29) is 10.7 Å². The standard InChI is InChI=1S/C19H13ClF3N5O/c1-10-8-16(26-25-10)24-17-12-4-2-3-5-13(12)18(29)28(27-17)15-7-6-11(9-14(15)20)19(21,22)23/h2-9H,1H3,(H2,24,25,26,27). The van der Waals surface area contributed by atoms with Crippen LogP contribution in [0.25, 0.3) is 16.5 Å². The van der Waals surface area contributed by atoms with Crippen molar-refractivity contribution in [3.8, 4) is 5.69 Å². The Hall–Kier alpha value is -3.33. The highest BCUT2D eigenvalue weighted by atomic mass is 35.5. The molecule has 0 spiro atoms. The van der Waals surface area contributed by atoms with Gasteiger partial charge in [0.05, 0.1) is 21.7 Å². The van der Waals surface area contributed by atoms with Crippen LogP contribution in [-0.2, 0) is 6.18 Å². The molecular weight excluding hydrogens is 407 g/mol. The van der Waals surface area contributed by atoms with E-state index in [0.717, 1.165) is 28.6 Å². The fourth-order valence-corrected chi connectivity index (χ4v) is 3.16. The molecule has 6 nitrogen and oxygen atoms in total. The minimum absolute atomic E-state index is 0.0386. The molecule has 0 aliphatic carbocycles. The zero-order valence-corrected chi connectivity index (χ0v) is 15.6. The number of nitrogens with zero attached hydrogens (tertiary/aromatic N) is 3. The van der Waals surface area contributed by atoms with E-state index in [1.807, 2.05) is 6.92 Å². The quantitative estimate of drug-likeness (QED) is 0.498. The Bertz CT molecular complexity index is 1280. The van der Waals surface area contributed by atoms with E-state index in [1.165, 1.54) is 0 Å². The lowest BCUT2D eigenvalue weighted by Crippen LogP contribution is -2.23. The summed E-state index contributed by atoms with van der Waals surface area (Å²) in [7, 11) is 0. The fraction of sp³-hybridized carbons (Fsp3) is 0.105. The summed E-state index contributed by atoms with van der Waals surface area (Å²) in [6.07, 6.45) is -4.55. The van der Waals surface area contributed by atoms with Crippen LogP contribution in [0.15, 0.2) is 53.3 Å². The van der Waals surface area contributed by atoms with Crippen molar-refractivity contribution in [2.45, 2.75) is 13.1 Å². The van der Waals surface area contributed by atoms with Gasteiger partial charge in [-0.15, -0.1) is 5.10 Å². The number of aromatic nitrogens is 4. The number of anilines is 2. The van der Waals surface area contributed by atoms with Crippen LogP contribution in [0, 0.1) is 6.92 Å². The summed E-state index contributed by atoms with van der Waals surface area (Å²) in [4.78, 5) is 12.9. The van der Waals surface area contributed by atoms with Crippen LogP contribution in [-0.4, -0.2) is 20.0 Å². The number of rotatable bonds is 3. The molecule has 29 heavy (non-hydrogen) atoms. The maximum atomic E-state index is 12.9. The normalized spacial score (nSPS) is 11.8. The van der Waals surface area contributed by atoms with E-state index in [9.17, 15) is 18.0 Å². The SMILES string of the molecule is Cc1cc(Nc2nn(-c3ccc(C(F)(F)F)cc3Cl)c(=O)c3ccccc23)n[nH]1. The third kappa shape index (κ3) is 3.56. The van der Waals surface area contributed by atoms with Crippen LogP contribution in [0.1, 0.15) is 11.3 Å². The van der Waals surface area contributed by atoms with Crippen molar-refractivity contribution in [3.63, 3.8) is 0 Å². The molecule has 0 fully saturated rings. The molecule has 4 aromatic rings. The lowest BCUT2D eigenvalue weighted by Gasteiger charge is -2.14. The molecular formula is C19H13ClF3N5O. The van der Waals surface area contributed by atoms with Gasteiger partial charge in [0, 0.05) is 17.1 Å². The van der Waals surface area contributed by atoms with Gasteiger partial charge in [-0.3, -0.25) is 9.89 Å². The van der Waals surface area contributed by atoms with Gasteiger partial charge >= 0.3 is 6.18 Å². The van der Waals surface area contributed by atoms with Gasteiger partial charge in [0.25, 0.3) is 5.56 Å². The summed E-state index contributed by atoms with van der Waals surface area (Å²) < 4.78 is 39.8. The molecule has 0 bridgehead atoms. The molecule has 10 heteroatoms. The summed E-state index contributed by atoms with van der Waals surface area (Å²) in [5.74, 6) is 0.784. The maximum absolute atomic E-state index is 12.9. The van der Waals surface area contributed by atoms with Crippen molar-refractivity contribution in [1.82, 2.24) is 20.0 Å². The van der Waals surface area contributed by atoms with Gasteiger partial charge < -0.3 is 5.32 Å². The Balaban J connectivity index is 1.91. The third-order valence-corrected chi connectivity index (χ3v) is 4.56. The number of alkyl halides is 3. The Labute approximate surface area is 166 Å². The molecule has 0 radical (unpaired) electrons. The van der Waals surface area contributed by atoms with Gasteiger partial charge in [0.1, 0.15) is 0 Å².